The molecule has 0 bridgehead atoms. The van der Waals surface area contributed by atoms with E-state index in [4.69, 9.17) is 9.84 Å². The molecule has 2 unspecified atom stereocenters. The Labute approximate surface area is 159 Å². The van der Waals surface area contributed by atoms with E-state index in [1.54, 1.807) is 36.4 Å². The lowest BCUT2D eigenvalue weighted by molar-refractivity contribution is 0.103. The minimum atomic E-state index is -2.43. The smallest absolute Gasteiger partial charge is 0.193 e. The third-order valence-corrected chi connectivity index (χ3v) is 4.92. The van der Waals surface area contributed by atoms with E-state index >= 15 is 0 Å². The quantitative estimate of drug-likeness (QED) is 0.499. The predicted molar refractivity (Wildman–Crippen MR) is 102 cm³/mol. The summed E-state index contributed by atoms with van der Waals surface area (Å²) < 4.78 is 27.9. The number of aliphatic hydroxyl groups excluding tert-OH is 1. The molecule has 0 heterocycles. The van der Waals surface area contributed by atoms with E-state index in [-0.39, 0.29) is 5.78 Å². The second kappa shape index (κ2) is 8.73. The number of rotatable bonds is 7. The van der Waals surface area contributed by atoms with Gasteiger partial charge in [0.15, 0.2) is 5.78 Å². The highest BCUT2D eigenvalue weighted by Gasteiger charge is 2.13. The molecule has 0 saturated carbocycles. The van der Waals surface area contributed by atoms with Gasteiger partial charge in [0.1, 0.15) is 11.5 Å². The maximum Gasteiger partial charge on any atom is 0.193 e. The van der Waals surface area contributed by atoms with Crippen LogP contribution in [0.2, 0.25) is 0 Å². The number of hydrogen-bond acceptors (Lipinski definition) is 5. The van der Waals surface area contributed by atoms with Crippen LogP contribution in [0.4, 0.5) is 0 Å². The molecular weight excluding hydrogens is 364 g/mol. The van der Waals surface area contributed by atoms with Crippen LogP contribution in [0, 0.1) is 0 Å². The highest BCUT2D eigenvalue weighted by Crippen LogP contribution is 2.23. The first-order valence-electron chi connectivity index (χ1n) is 8.25. The lowest BCUT2D eigenvalue weighted by Gasteiger charge is -2.17. The Hall–Kier alpha value is -2.80. The summed E-state index contributed by atoms with van der Waals surface area (Å²) in [6.07, 6.45) is 0. The van der Waals surface area contributed by atoms with Gasteiger partial charge in [-0.1, -0.05) is 42.5 Å². The Balaban J connectivity index is 1.73. The molecule has 3 aromatic carbocycles. The molecule has 1 N–H and O–H groups in total. The van der Waals surface area contributed by atoms with Gasteiger partial charge in [0.05, 0.1) is 11.9 Å². The fraction of sp³-hybridized carbons (Fsp3) is 0.0952. The topological polar surface area (TPSA) is 86.7 Å². The summed E-state index contributed by atoms with van der Waals surface area (Å²) in [6.45, 7) is -0.508. The van der Waals surface area contributed by atoms with Gasteiger partial charge in [-0.05, 0) is 53.0 Å². The molecule has 0 aliphatic rings. The maximum absolute atomic E-state index is 12.6. The lowest BCUT2D eigenvalue weighted by atomic mass is 10.0. The zero-order chi connectivity index (χ0) is 19.2. The largest absolute Gasteiger partial charge is 0.772 e. The summed E-state index contributed by atoms with van der Waals surface area (Å²) in [5, 5.41) is 8.17. The van der Waals surface area contributed by atoms with Gasteiger partial charge in [0.2, 0.25) is 0 Å². The number of carbonyl (C=O) groups is 1. The van der Waals surface area contributed by atoms with Crippen LogP contribution < -0.4 is 4.74 Å². The lowest BCUT2D eigenvalue weighted by Crippen LogP contribution is -2.11. The molecule has 0 radical (unpaired) electrons. The second-order valence-electron chi connectivity index (χ2n) is 5.82. The van der Waals surface area contributed by atoms with Crippen LogP contribution in [-0.4, -0.2) is 26.3 Å². The van der Waals surface area contributed by atoms with Crippen molar-refractivity contribution in [3.8, 4) is 11.5 Å². The monoisotopic (exact) mass is 381 g/mol. The molecule has 3 aromatic rings. The van der Waals surface area contributed by atoms with Crippen LogP contribution in [-0.2, 0) is 11.1 Å². The molecule has 0 fully saturated rings. The Morgan fingerprint density at radius 2 is 1.41 bits per heavy atom. The maximum atomic E-state index is 12.6. The summed E-state index contributed by atoms with van der Waals surface area (Å²) in [5.74, 6) is 1.15. The van der Waals surface area contributed by atoms with Crippen LogP contribution in [0.5, 0.6) is 11.5 Å². The zero-order valence-corrected chi connectivity index (χ0v) is 15.1. The van der Waals surface area contributed by atoms with Gasteiger partial charge in [-0.15, -0.1) is 0 Å². The van der Waals surface area contributed by atoms with E-state index in [0.29, 0.717) is 28.2 Å². The van der Waals surface area contributed by atoms with Gasteiger partial charge in [0, 0.05) is 11.1 Å². The van der Waals surface area contributed by atoms with E-state index in [2.05, 4.69) is 0 Å². The van der Waals surface area contributed by atoms with E-state index in [1.807, 2.05) is 30.3 Å². The average Bonchev–Trinajstić information content (AvgIpc) is 2.70. The predicted octanol–water partition coefficient (Wildman–Crippen LogP) is 3.62. The van der Waals surface area contributed by atoms with Crippen molar-refractivity contribution in [2.24, 2.45) is 0 Å². The molecule has 138 valence electrons. The summed E-state index contributed by atoms with van der Waals surface area (Å²) in [7, 11) is 0. The van der Waals surface area contributed by atoms with Crippen molar-refractivity contribution in [1.29, 1.82) is 0 Å². The van der Waals surface area contributed by atoms with E-state index in [0.717, 1.165) is 0 Å². The first-order chi connectivity index (χ1) is 13.1. The van der Waals surface area contributed by atoms with Crippen molar-refractivity contribution in [3.05, 3.63) is 95.6 Å². The first-order valence-corrected chi connectivity index (χ1v) is 9.39. The van der Waals surface area contributed by atoms with E-state index < -0.39 is 22.9 Å². The molecule has 27 heavy (non-hydrogen) atoms. The summed E-state index contributed by atoms with van der Waals surface area (Å²) in [4.78, 5) is 12.6. The third kappa shape index (κ3) is 4.68. The van der Waals surface area contributed by atoms with Crippen molar-refractivity contribution < 1.29 is 23.4 Å². The van der Waals surface area contributed by atoms with Gasteiger partial charge in [-0.3, -0.25) is 9.00 Å². The number of hydrogen-bond donors (Lipinski definition) is 1. The molecular formula is C21H17O5S-. The second-order valence-corrected chi connectivity index (χ2v) is 6.91. The molecule has 6 heteroatoms. The molecule has 5 nitrogen and oxygen atoms in total. The Morgan fingerprint density at radius 1 is 0.889 bits per heavy atom. The van der Waals surface area contributed by atoms with Crippen molar-refractivity contribution >= 4 is 16.9 Å². The minimum Gasteiger partial charge on any atom is -0.772 e. The van der Waals surface area contributed by atoms with Crippen LogP contribution in [0.25, 0.3) is 0 Å². The molecule has 0 saturated heterocycles. The molecule has 3 rings (SSSR count). The van der Waals surface area contributed by atoms with Crippen LogP contribution in [0.1, 0.15) is 26.7 Å². The fourth-order valence-corrected chi connectivity index (χ4v) is 3.09. The van der Waals surface area contributed by atoms with Crippen molar-refractivity contribution in [3.63, 3.8) is 0 Å². The SMILES string of the molecule is O=C(c1ccc(Oc2ccccc2)cc1)c1ccc(C(CO)S(=O)[O-])cc1. The van der Waals surface area contributed by atoms with E-state index in [9.17, 15) is 13.6 Å². The molecule has 0 amide bonds. The highest BCUT2D eigenvalue weighted by molar-refractivity contribution is 7.79. The molecule has 0 aromatic heterocycles. The Kier molecular flexibility index (Phi) is 6.13. The normalized spacial score (nSPS) is 13.0. The van der Waals surface area contributed by atoms with Gasteiger partial charge in [-0.25, -0.2) is 0 Å². The van der Waals surface area contributed by atoms with Crippen LogP contribution in [0.3, 0.4) is 0 Å². The standard InChI is InChI=1S/C21H18O5S/c22-14-20(27(24)25)15-6-8-16(9-7-15)21(23)17-10-12-19(13-11-17)26-18-4-2-1-3-5-18/h1-13,20,22H,14H2,(H,24,25)/p-1. The summed E-state index contributed by atoms with van der Waals surface area (Å²) >= 11 is -2.43. The van der Waals surface area contributed by atoms with Crippen LogP contribution >= 0.6 is 0 Å². The summed E-state index contributed by atoms with van der Waals surface area (Å²) in [5.41, 5.74) is 1.37. The number of aliphatic hydroxyl groups is 1. The van der Waals surface area contributed by atoms with Crippen molar-refractivity contribution in [2.75, 3.05) is 6.61 Å². The number of para-hydroxylation sites is 1. The van der Waals surface area contributed by atoms with Crippen molar-refractivity contribution in [1.82, 2.24) is 0 Å². The third-order valence-electron chi connectivity index (χ3n) is 4.04. The highest BCUT2D eigenvalue weighted by atomic mass is 32.2. The first kappa shape index (κ1) is 19.0. The van der Waals surface area contributed by atoms with Gasteiger partial charge in [0.25, 0.3) is 0 Å². The zero-order valence-electron chi connectivity index (χ0n) is 14.3. The number of carbonyl (C=O) groups excluding carboxylic acids is 1. The van der Waals surface area contributed by atoms with Gasteiger partial charge in [-0.2, -0.15) is 0 Å². The molecule has 0 spiro atoms. The summed E-state index contributed by atoms with van der Waals surface area (Å²) in [6, 6.07) is 22.3. The molecule has 0 aliphatic carbocycles. The minimum absolute atomic E-state index is 0.184. The molecule has 0 aliphatic heterocycles. The fourth-order valence-electron chi connectivity index (χ4n) is 2.59. The Morgan fingerprint density at radius 3 is 1.93 bits per heavy atom. The van der Waals surface area contributed by atoms with Gasteiger partial charge >= 0.3 is 0 Å². The average molecular weight is 381 g/mol. The molecule has 2 atom stereocenters. The van der Waals surface area contributed by atoms with Gasteiger partial charge < -0.3 is 14.4 Å². The van der Waals surface area contributed by atoms with E-state index in [1.165, 1.54) is 12.1 Å². The number of ether oxygens (including phenoxy) is 1. The number of ketones is 1. The van der Waals surface area contributed by atoms with Crippen molar-refractivity contribution in [2.45, 2.75) is 5.25 Å². The van der Waals surface area contributed by atoms with Crippen LogP contribution in [0.15, 0.2) is 78.9 Å². The Bertz CT molecular complexity index is 921. The number of benzene rings is 3.